The molecule has 0 amide bonds. The normalized spacial score (nSPS) is 13.1. The van der Waals surface area contributed by atoms with E-state index in [9.17, 15) is 9.59 Å². The number of pyridine rings is 1. The Morgan fingerprint density at radius 1 is 1.25 bits per heavy atom. The Morgan fingerprint density at radius 2 is 1.96 bits per heavy atom. The second-order valence-corrected chi connectivity index (χ2v) is 5.68. The molecule has 1 aromatic heterocycles. The van der Waals surface area contributed by atoms with Gasteiger partial charge in [0, 0.05) is 18.9 Å². The summed E-state index contributed by atoms with van der Waals surface area (Å²) in [7, 11) is 1.35. The van der Waals surface area contributed by atoms with Crippen LogP contribution in [0.5, 0.6) is 0 Å². The summed E-state index contributed by atoms with van der Waals surface area (Å²) in [5.41, 5.74) is 1.29. The predicted octanol–water partition coefficient (Wildman–Crippen LogP) is 2.35. The molecule has 126 valence electrons. The van der Waals surface area contributed by atoms with Crippen LogP contribution in [-0.2, 0) is 21.6 Å². The van der Waals surface area contributed by atoms with E-state index in [0.29, 0.717) is 6.54 Å². The number of hydrogen-bond acceptors (Lipinski definition) is 5. The van der Waals surface area contributed by atoms with E-state index < -0.39 is 11.5 Å². The van der Waals surface area contributed by atoms with Gasteiger partial charge >= 0.3 is 11.9 Å². The highest BCUT2D eigenvalue weighted by molar-refractivity contribution is 5.87. The summed E-state index contributed by atoms with van der Waals surface area (Å²) in [4.78, 5) is 26.9. The molecule has 6 heteroatoms. The molecule has 0 saturated heterocycles. The molecule has 1 heterocycles. The fraction of sp³-hybridized carbons (Fsp3) is 0.278. The maximum Gasteiger partial charge on any atom is 0.335 e. The molecular weight excluding hydrogens is 308 g/mol. The van der Waals surface area contributed by atoms with Crippen molar-refractivity contribution >= 4 is 11.9 Å². The monoisotopic (exact) mass is 328 g/mol. The highest BCUT2D eigenvalue weighted by Gasteiger charge is 2.29. The van der Waals surface area contributed by atoms with Crippen molar-refractivity contribution < 1.29 is 19.4 Å². The van der Waals surface area contributed by atoms with Crippen LogP contribution >= 0.6 is 0 Å². The zero-order chi connectivity index (χ0) is 17.6. The van der Waals surface area contributed by atoms with Crippen LogP contribution in [0.4, 0.5) is 0 Å². The van der Waals surface area contributed by atoms with E-state index in [4.69, 9.17) is 9.84 Å². The summed E-state index contributed by atoms with van der Waals surface area (Å²) in [6.45, 7) is 2.32. The van der Waals surface area contributed by atoms with E-state index in [2.05, 4.69) is 10.3 Å². The zero-order valence-electron chi connectivity index (χ0n) is 13.7. The van der Waals surface area contributed by atoms with E-state index in [0.717, 1.165) is 11.1 Å². The van der Waals surface area contributed by atoms with E-state index in [1.807, 2.05) is 25.1 Å². The number of hydrogen-bond donors (Lipinski definition) is 2. The van der Waals surface area contributed by atoms with Crippen molar-refractivity contribution in [2.24, 2.45) is 0 Å². The quantitative estimate of drug-likeness (QED) is 0.759. The first-order valence-corrected chi connectivity index (χ1v) is 7.49. The summed E-state index contributed by atoms with van der Waals surface area (Å²) in [5.74, 6) is -1.30. The van der Waals surface area contributed by atoms with Gasteiger partial charge in [-0.05, 0) is 42.3 Å². The highest BCUT2D eigenvalue weighted by atomic mass is 16.5. The Bertz CT molecular complexity index is 718. The van der Waals surface area contributed by atoms with Gasteiger partial charge in [0.25, 0.3) is 0 Å². The second kappa shape index (κ2) is 7.70. The molecule has 1 unspecified atom stereocenters. The smallest absolute Gasteiger partial charge is 0.335 e. The number of carboxylic acids is 1. The lowest BCUT2D eigenvalue weighted by Gasteiger charge is -2.30. The fourth-order valence-electron chi connectivity index (χ4n) is 2.46. The van der Waals surface area contributed by atoms with Crippen LogP contribution in [0.25, 0.3) is 0 Å². The van der Waals surface area contributed by atoms with E-state index >= 15 is 0 Å². The fourth-order valence-corrected chi connectivity index (χ4v) is 2.46. The maximum absolute atomic E-state index is 11.8. The number of nitrogens with zero attached hydrogens (tertiary/aromatic N) is 1. The Morgan fingerprint density at radius 3 is 2.58 bits per heavy atom. The third kappa shape index (κ3) is 4.39. The number of carbonyl (C=O) groups excluding carboxylic acids is 1. The van der Waals surface area contributed by atoms with Gasteiger partial charge in [-0.2, -0.15) is 0 Å². The lowest BCUT2D eigenvalue weighted by molar-refractivity contribution is -0.142. The standard InChI is InChI=1S/C18H20N2O4/c1-18(11-16(21)24-2,15-6-8-19-9-7-15)20-12-13-4-3-5-14(10-13)17(22)23/h3-10,20H,11-12H2,1-2H3,(H,22,23). The van der Waals surface area contributed by atoms with Crippen molar-refractivity contribution in [2.45, 2.75) is 25.4 Å². The van der Waals surface area contributed by atoms with Gasteiger partial charge in [-0.25, -0.2) is 4.79 Å². The summed E-state index contributed by atoms with van der Waals surface area (Å²) >= 11 is 0. The molecule has 0 aliphatic carbocycles. The number of aromatic nitrogens is 1. The molecule has 2 N–H and O–H groups in total. The zero-order valence-corrected chi connectivity index (χ0v) is 13.7. The first kappa shape index (κ1) is 17.6. The average molecular weight is 328 g/mol. The van der Waals surface area contributed by atoms with Crippen LogP contribution in [0.3, 0.4) is 0 Å². The Kier molecular flexibility index (Phi) is 5.65. The van der Waals surface area contributed by atoms with Crippen LogP contribution in [-0.4, -0.2) is 29.1 Å². The van der Waals surface area contributed by atoms with Crippen molar-refractivity contribution in [3.63, 3.8) is 0 Å². The van der Waals surface area contributed by atoms with Crippen LogP contribution < -0.4 is 5.32 Å². The molecule has 0 radical (unpaired) electrons. The lowest BCUT2D eigenvalue weighted by atomic mass is 9.89. The summed E-state index contributed by atoms with van der Waals surface area (Å²) in [6, 6.07) is 10.4. The van der Waals surface area contributed by atoms with Crippen LogP contribution in [0, 0.1) is 0 Å². The van der Waals surface area contributed by atoms with Gasteiger partial charge in [0.15, 0.2) is 0 Å². The summed E-state index contributed by atoms with van der Waals surface area (Å²) in [5, 5.41) is 12.4. The first-order chi connectivity index (χ1) is 11.4. The number of carbonyl (C=O) groups is 2. The van der Waals surface area contributed by atoms with Crippen molar-refractivity contribution in [2.75, 3.05) is 7.11 Å². The molecule has 0 fully saturated rings. The number of esters is 1. The van der Waals surface area contributed by atoms with Crippen molar-refractivity contribution in [3.8, 4) is 0 Å². The van der Waals surface area contributed by atoms with Crippen molar-refractivity contribution in [1.82, 2.24) is 10.3 Å². The van der Waals surface area contributed by atoms with E-state index in [1.165, 1.54) is 7.11 Å². The number of rotatable bonds is 7. The Labute approximate surface area is 140 Å². The van der Waals surface area contributed by atoms with Gasteiger partial charge in [0.1, 0.15) is 0 Å². The minimum absolute atomic E-state index is 0.145. The van der Waals surface area contributed by atoms with Crippen molar-refractivity contribution in [3.05, 3.63) is 65.5 Å². The first-order valence-electron chi connectivity index (χ1n) is 7.49. The number of nitrogens with one attached hydrogen (secondary N) is 1. The number of aromatic carboxylic acids is 1. The van der Waals surface area contributed by atoms with Gasteiger partial charge < -0.3 is 15.2 Å². The number of benzene rings is 1. The molecule has 0 saturated carbocycles. The molecule has 0 bridgehead atoms. The molecule has 0 spiro atoms. The molecule has 0 aliphatic rings. The number of ether oxygens (including phenoxy) is 1. The van der Waals surface area contributed by atoms with E-state index in [-0.39, 0.29) is 18.0 Å². The van der Waals surface area contributed by atoms with Crippen LogP contribution in [0.15, 0.2) is 48.8 Å². The lowest BCUT2D eigenvalue weighted by Crippen LogP contribution is -2.41. The topological polar surface area (TPSA) is 88.5 Å². The molecule has 24 heavy (non-hydrogen) atoms. The number of carboxylic acid groups (broad SMARTS) is 1. The second-order valence-electron chi connectivity index (χ2n) is 5.68. The van der Waals surface area contributed by atoms with Gasteiger partial charge in [0.2, 0.25) is 0 Å². The average Bonchev–Trinajstić information content (AvgIpc) is 2.61. The molecule has 0 aliphatic heterocycles. The third-order valence-electron chi connectivity index (χ3n) is 3.90. The third-order valence-corrected chi connectivity index (χ3v) is 3.90. The Hall–Kier alpha value is -2.73. The molecule has 2 rings (SSSR count). The van der Waals surface area contributed by atoms with Crippen LogP contribution in [0.2, 0.25) is 0 Å². The van der Waals surface area contributed by atoms with Crippen LogP contribution in [0.1, 0.15) is 34.8 Å². The van der Waals surface area contributed by atoms with Gasteiger partial charge in [-0.15, -0.1) is 0 Å². The minimum atomic E-state index is -0.969. The van der Waals surface area contributed by atoms with Crippen molar-refractivity contribution in [1.29, 1.82) is 0 Å². The summed E-state index contributed by atoms with van der Waals surface area (Å²) in [6.07, 6.45) is 3.47. The van der Waals surface area contributed by atoms with Gasteiger partial charge in [-0.3, -0.25) is 9.78 Å². The maximum atomic E-state index is 11.8. The minimum Gasteiger partial charge on any atom is -0.478 e. The molecule has 1 atom stereocenters. The van der Waals surface area contributed by atoms with E-state index in [1.54, 1.807) is 30.6 Å². The summed E-state index contributed by atoms with van der Waals surface area (Å²) < 4.78 is 4.80. The largest absolute Gasteiger partial charge is 0.478 e. The molecular formula is C18H20N2O4. The van der Waals surface area contributed by atoms with Gasteiger partial charge in [-0.1, -0.05) is 12.1 Å². The van der Waals surface area contributed by atoms with Gasteiger partial charge in [0.05, 0.1) is 24.6 Å². The SMILES string of the molecule is COC(=O)CC(C)(NCc1cccc(C(=O)O)c1)c1ccncc1. The predicted molar refractivity (Wildman–Crippen MR) is 88.5 cm³/mol. The Balaban J connectivity index is 2.21. The number of methoxy groups -OCH3 is 1. The highest BCUT2D eigenvalue weighted by Crippen LogP contribution is 2.25. The molecule has 6 nitrogen and oxygen atoms in total. The molecule has 1 aromatic carbocycles. The molecule has 2 aromatic rings.